The van der Waals surface area contributed by atoms with E-state index < -0.39 is 11.8 Å². The van der Waals surface area contributed by atoms with Gasteiger partial charge in [0.25, 0.3) is 11.5 Å². The SMILES string of the molecule is CCOCCCn1c(=O)c2ccccc2n2c(SCC(=O)NC(=O)c3cccn3C)nnc12. The van der Waals surface area contributed by atoms with Crippen LogP contribution in [0.3, 0.4) is 0 Å². The number of carbonyl (C=O) groups is 2. The maximum atomic E-state index is 13.1. The highest BCUT2D eigenvalue weighted by atomic mass is 32.2. The van der Waals surface area contributed by atoms with Crippen LogP contribution < -0.4 is 10.9 Å². The fraction of sp³-hybridized carbons (Fsp3) is 0.318. The predicted octanol–water partition coefficient (Wildman–Crippen LogP) is 1.86. The van der Waals surface area contributed by atoms with Gasteiger partial charge in [-0.1, -0.05) is 23.9 Å². The van der Waals surface area contributed by atoms with E-state index in [1.54, 1.807) is 51.0 Å². The molecule has 0 radical (unpaired) electrons. The highest BCUT2D eigenvalue weighted by Gasteiger charge is 2.18. The van der Waals surface area contributed by atoms with Crippen LogP contribution in [0, 0.1) is 0 Å². The Bertz CT molecular complexity index is 1370. The van der Waals surface area contributed by atoms with E-state index in [9.17, 15) is 14.4 Å². The first-order valence-electron chi connectivity index (χ1n) is 10.5. The summed E-state index contributed by atoms with van der Waals surface area (Å²) in [4.78, 5) is 37.7. The summed E-state index contributed by atoms with van der Waals surface area (Å²) in [7, 11) is 1.73. The number of hydrogen-bond donors (Lipinski definition) is 1. The number of imide groups is 1. The fourth-order valence-corrected chi connectivity index (χ4v) is 4.29. The van der Waals surface area contributed by atoms with Crippen LogP contribution in [0.15, 0.2) is 52.5 Å². The largest absolute Gasteiger partial charge is 0.382 e. The molecule has 11 heteroatoms. The number of thioether (sulfide) groups is 1. The minimum atomic E-state index is -0.465. The van der Waals surface area contributed by atoms with Gasteiger partial charge in [-0.15, -0.1) is 10.2 Å². The summed E-state index contributed by atoms with van der Waals surface area (Å²) >= 11 is 1.15. The van der Waals surface area contributed by atoms with Crippen molar-refractivity contribution in [1.82, 2.24) is 29.0 Å². The molecule has 0 aliphatic heterocycles. The number of rotatable bonds is 9. The number of fused-ring (bicyclic) bond motifs is 3. The van der Waals surface area contributed by atoms with Crippen molar-refractivity contribution in [3.05, 3.63) is 58.6 Å². The highest BCUT2D eigenvalue weighted by Crippen LogP contribution is 2.21. The number of aryl methyl sites for hydroxylation is 2. The smallest absolute Gasteiger partial charge is 0.274 e. The molecule has 3 aromatic heterocycles. The second-order valence-corrected chi connectivity index (χ2v) is 8.26. The van der Waals surface area contributed by atoms with Gasteiger partial charge in [-0.05, 0) is 37.6 Å². The van der Waals surface area contributed by atoms with Crippen molar-refractivity contribution in [3.8, 4) is 0 Å². The zero-order valence-corrected chi connectivity index (χ0v) is 19.2. The molecule has 0 atom stereocenters. The quantitative estimate of drug-likeness (QED) is 0.295. The number of ether oxygens (including phenoxy) is 1. The van der Waals surface area contributed by atoms with E-state index >= 15 is 0 Å². The molecule has 0 aliphatic rings. The first-order valence-corrected chi connectivity index (χ1v) is 11.5. The molecule has 0 aliphatic carbocycles. The first kappa shape index (κ1) is 22.7. The van der Waals surface area contributed by atoms with Gasteiger partial charge in [-0.3, -0.25) is 28.7 Å². The predicted molar refractivity (Wildman–Crippen MR) is 124 cm³/mol. The van der Waals surface area contributed by atoms with E-state index in [1.165, 1.54) is 0 Å². The van der Waals surface area contributed by atoms with E-state index in [0.29, 0.717) is 53.7 Å². The lowest BCUT2D eigenvalue weighted by Crippen LogP contribution is -2.33. The van der Waals surface area contributed by atoms with Gasteiger partial charge < -0.3 is 9.30 Å². The molecule has 0 spiro atoms. The number of amides is 2. The molecule has 0 fully saturated rings. The molecular weight excluding hydrogens is 444 g/mol. The summed E-state index contributed by atoms with van der Waals surface area (Å²) in [5.41, 5.74) is 0.902. The lowest BCUT2D eigenvalue weighted by Gasteiger charge is -2.11. The van der Waals surface area contributed by atoms with Crippen LogP contribution in [-0.4, -0.2) is 54.5 Å². The van der Waals surface area contributed by atoms with Crippen molar-refractivity contribution >= 4 is 40.3 Å². The first-order chi connectivity index (χ1) is 16.0. The Labute approximate surface area is 193 Å². The monoisotopic (exact) mass is 468 g/mol. The van der Waals surface area contributed by atoms with Crippen LogP contribution in [0.5, 0.6) is 0 Å². The average molecular weight is 469 g/mol. The molecule has 1 N–H and O–H groups in total. The summed E-state index contributed by atoms with van der Waals surface area (Å²) in [5.74, 6) is -0.544. The Morgan fingerprint density at radius 1 is 1.15 bits per heavy atom. The van der Waals surface area contributed by atoms with Gasteiger partial charge in [0.2, 0.25) is 11.7 Å². The third kappa shape index (κ3) is 4.69. The maximum Gasteiger partial charge on any atom is 0.274 e. The second kappa shape index (κ2) is 10.0. The maximum absolute atomic E-state index is 13.1. The van der Waals surface area contributed by atoms with Gasteiger partial charge >= 0.3 is 0 Å². The molecule has 10 nitrogen and oxygen atoms in total. The minimum Gasteiger partial charge on any atom is -0.382 e. The van der Waals surface area contributed by atoms with E-state index in [4.69, 9.17) is 4.74 Å². The Hall–Kier alpha value is -3.44. The number of carbonyl (C=O) groups excluding carboxylic acids is 2. The van der Waals surface area contributed by atoms with Crippen molar-refractivity contribution in [3.63, 3.8) is 0 Å². The molecule has 3 heterocycles. The summed E-state index contributed by atoms with van der Waals surface area (Å²) in [6.45, 7) is 3.50. The summed E-state index contributed by atoms with van der Waals surface area (Å²) in [6.07, 6.45) is 2.39. The van der Waals surface area contributed by atoms with Gasteiger partial charge in [0.05, 0.1) is 16.7 Å². The van der Waals surface area contributed by atoms with Crippen molar-refractivity contribution < 1.29 is 14.3 Å². The van der Waals surface area contributed by atoms with E-state index in [1.807, 2.05) is 19.1 Å². The summed E-state index contributed by atoms with van der Waals surface area (Å²) < 4.78 is 10.4. The van der Waals surface area contributed by atoms with Crippen LogP contribution in [0.2, 0.25) is 0 Å². The molecule has 172 valence electrons. The van der Waals surface area contributed by atoms with Gasteiger partial charge in [0.1, 0.15) is 5.69 Å². The summed E-state index contributed by atoms with van der Waals surface area (Å²) in [5, 5.41) is 11.8. The highest BCUT2D eigenvalue weighted by molar-refractivity contribution is 7.99. The molecule has 1 aromatic carbocycles. The minimum absolute atomic E-state index is 0.0330. The van der Waals surface area contributed by atoms with Crippen LogP contribution in [0.4, 0.5) is 0 Å². The van der Waals surface area contributed by atoms with Gasteiger partial charge in [0.15, 0.2) is 5.16 Å². The lowest BCUT2D eigenvalue weighted by atomic mass is 10.2. The van der Waals surface area contributed by atoms with Gasteiger partial charge in [-0.2, -0.15) is 0 Å². The summed E-state index contributed by atoms with van der Waals surface area (Å²) in [6, 6.07) is 10.6. The van der Waals surface area contributed by atoms with Gasteiger partial charge in [-0.25, -0.2) is 0 Å². The number of nitrogens with one attached hydrogen (secondary N) is 1. The van der Waals surface area contributed by atoms with Crippen molar-refractivity contribution in [2.75, 3.05) is 19.0 Å². The molecule has 4 aromatic rings. The van der Waals surface area contributed by atoms with Crippen LogP contribution >= 0.6 is 11.8 Å². The molecule has 4 rings (SSSR count). The number of aromatic nitrogens is 5. The Kier molecular flexibility index (Phi) is 6.90. The number of hydrogen-bond acceptors (Lipinski definition) is 7. The normalized spacial score (nSPS) is 11.3. The third-order valence-electron chi connectivity index (χ3n) is 5.11. The van der Waals surface area contributed by atoms with Crippen molar-refractivity contribution in [2.45, 2.75) is 25.0 Å². The standard InChI is InChI=1S/C22H24N6O4S/c1-3-32-13-7-12-27-20(31)15-8-4-5-9-16(15)28-21(27)24-25-22(28)33-14-18(29)23-19(30)17-10-6-11-26(17)2/h4-6,8-11H,3,7,12-14H2,1-2H3,(H,23,29,30). The topological polar surface area (TPSA) is 113 Å². The second-order valence-electron chi connectivity index (χ2n) is 7.31. The van der Waals surface area contributed by atoms with Crippen molar-refractivity contribution in [1.29, 1.82) is 0 Å². The van der Waals surface area contributed by atoms with Crippen LogP contribution in [0.25, 0.3) is 16.7 Å². The number of nitrogens with zero attached hydrogens (tertiary/aromatic N) is 5. The van der Waals surface area contributed by atoms with Crippen LogP contribution in [-0.2, 0) is 23.1 Å². The Balaban J connectivity index is 1.59. The molecule has 2 amide bonds. The number of para-hydroxylation sites is 1. The van der Waals surface area contributed by atoms with Crippen LogP contribution in [0.1, 0.15) is 23.8 Å². The average Bonchev–Trinajstić information content (AvgIpc) is 3.43. The molecule has 0 unspecified atom stereocenters. The Morgan fingerprint density at radius 3 is 2.73 bits per heavy atom. The van der Waals surface area contributed by atoms with Gasteiger partial charge in [0, 0.05) is 33.0 Å². The fourth-order valence-electron chi connectivity index (χ4n) is 3.55. The molecule has 0 bridgehead atoms. The van der Waals surface area contributed by atoms with Crippen molar-refractivity contribution in [2.24, 2.45) is 7.05 Å². The third-order valence-corrected chi connectivity index (χ3v) is 6.04. The van der Waals surface area contributed by atoms with E-state index in [2.05, 4.69) is 15.5 Å². The zero-order valence-electron chi connectivity index (χ0n) is 18.4. The molecule has 0 saturated heterocycles. The Morgan fingerprint density at radius 2 is 1.97 bits per heavy atom. The zero-order chi connectivity index (χ0) is 23.4. The molecular formula is C22H24N6O4S. The number of benzene rings is 1. The van der Waals surface area contributed by atoms with E-state index in [0.717, 1.165) is 11.8 Å². The van der Waals surface area contributed by atoms with E-state index in [-0.39, 0.29) is 11.3 Å². The molecule has 33 heavy (non-hydrogen) atoms. The molecule has 0 saturated carbocycles. The lowest BCUT2D eigenvalue weighted by molar-refractivity contribution is -0.117.